The van der Waals surface area contributed by atoms with Gasteiger partial charge in [-0.1, -0.05) is 11.6 Å². The van der Waals surface area contributed by atoms with E-state index in [1.807, 2.05) is 12.1 Å². The summed E-state index contributed by atoms with van der Waals surface area (Å²) in [7, 11) is 1.66. The first-order valence-electron chi connectivity index (χ1n) is 5.02. The van der Waals surface area contributed by atoms with Crippen LogP contribution in [0.3, 0.4) is 0 Å². The number of hydrogen-bond acceptors (Lipinski definition) is 3. The molecule has 2 aromatic rings. The topological polar surface area (TPSA) is 48.4 Å². The third-order valence-corrected chi connectivity index (χ3v) is 2.44. The van der Waals surface area contributed by atoms with Crippen LogP contribution in [-0.4, -0.2) is 13.7 Å². The number of fused-ring (bicyclic) bond motifs is 1. The molecule has 0 aliphatic carbocycles. The molecule has 1 aromatic heterocycles. The maximum Gasteiger partial charge on any atom is 0.168 e. The van der Waals surface area contributed by atoms with Crippen LogP contribution in [0.25, 0.3) is 11.0 Å². The van der Waals surface area contributed by atoms with Crippen LogP contribution in [0, 0.1) is 6.92 Å². The lowest BCUT2D eigenvalue weighted by Gasteiger charge is -1.99. The average molecular weight is 205 g/mol. The van der Waals surface area contributed by atoms with Gasteiger partial charge in [0, 0.05) is 6.42 Å². The van der Waals surface area contributed by atoms with Crippen LogP contribution in [0.4, 0.5) is 0 Å². The molecule has 0 aliphatic rings. The molecule has 1 aromatic carbocycles. The zero-order chi connectivity index (χ0) is 10.8. The summed E-state index contributed by atoms with van der Waals surface area (Å²) in [6.45, 7) is 2.61. The summed E-state index contributed by atoms with van der Waals surface area (Å²) in [5.74, 6) is 1.65. The van der Waals surface area contributed by atoms with Gasteiger partial charge in [0.2, 0.25) is 0 Å². The minimum Gasteiger partial charge on any atom is -0.492 e. The highest BCUT2D eigenvalue weighted by molar-refractivity contribution is 5.86. The van der Waals surface area contributed by atoms with E-state index in [0.717, 1.165) is 22.5 Å². The predicted molar refractivity (Wildman–Crippen MR) is 60.3 cm³/mol. The first kappa shape index (κ1) is 10.1. The third-order valence-electron chi connectivity index (χ3n) is 2.44. The van der Waals surface area contributed by atoms with Crippen molar-refractivity contribution in [3.8, 4) is 5.75 Å². The van der Waals surface area contributed by atoms with Gasteiger partial charge in [-0.05, 0) is 25.6 Å². The predicted octanol–water partition coefficient (Wildman–Crippen LogP) is 2.25. The van der Waals surface area contributed by atoms with Crippen molar-refractivity contribution in [3.63, 3.8) is 0 Å². The summed E-state index contributed by atoms with van der Waals surface area (Å²) in [5.41, 5.74) is 7.58. The largest absolute Gasteiger partial charge is 0.492 e. The number of benzene rings is 1. The van der Waals surface area contributed by atoms with Crippen molar-refractivity contribution in [1.82, 2.24) is 0 Å². The van der Waals surface area contributed by atoms with E-state index in [1.165, 1.54) is 5.56 Å². The molecule has 0 atom stereocenters. The molecule has 0 fully saturated rings. The van der Waals surface area contributed by atoms with E-state index in [4.69, 9.17) is 14.9 Å². The number of furan rings is 1. The lowest BCUT2D eigenvalue weighted by molar-refractivity contribution is 0.396. The number of methoxy groups -OCH3 is 1. The Labute approximate surface area is 88.8 Å². The molecule has 0 spiro atoms. The maximum absolute atomic E-state index is 5.68. The van der Waals surface area contributed by atoms with Crippen molar-refractivity contribution >= 4 is 11.0 Å². The fraction of sp³-hybridized carbons (Fsp3) is 0.333. The zero-order valence-corrected chi connectivity index (χ0v) is 9.04. The summed E-state index contributed by atoms with van der Waals surface area (Å²) in [4.78, 5) is 0. The Morgan fingerprint density at radius 2 is 2.20 bits per heavy atom. The molecule has 15 heavy (non-hydrogen) atoms. The van der Waals surface area contributed by atoms with E-state index in [-0.39, 0.29) is 0 Å². The monoisotopic (exact) mass is 205 g/mol. The molecule has 80 valence electrons. The van der Waals surface area contributed by atoms with E-state index in [1.54, 1.807) is 7.11 Å². The second-order valence-electron chi connectivity index (χ2n) is 3.60. The Morgan fingerprint density at radius 3 is 2.87 bits per heavy atom. The highest BCUT2D eigenvalue weighted by Gasteiger charge is 2.13. The smallest absolute Gasteiger partial charge is 0.168 e. The van der Waals surface area contributed by atoms with Crippen LogP contribution < -0.4 is 10.5 Å². The van der Waals surface area contributed by atoms with Crippen LogP contribution in [0.2, 0.25) is 0 Å². The third kappa shape index (κ3) is 1.70. The van der Waals surface area contributed by atoms with Gasteiger partial charge >= 0.3 is 0 Å². The number of hydrogen-bond donors (Lipinski definition) is 1. The van der Waals surface area contributed by atoms with Crippen molar-refractivity contribution in [2.75, 3.05) is 13.7 Å². The fourth-order valence-electron chi connectivity index (χ4n) is 1.76. The van der Waals surface area contributed by atoms with E-state index in [2.05, 4.69) is 13.0 Å². The van der Waals surface area contributed by atoms with Gasteiger partial charge in [-0.15, -0.1) is 0 Å². The number of ether oxygens (including phenoxy) is 1. The SMILES string of the molecule is COc1c(CCN)oc2ccc(C)cc12. The van der Waals surface area contributed by atoms with E-state index in [0.29, 0.717) is 13.0 Å². The second kappa shape index (κ2) is 3.95. The van der Waals surface area contributed by atoms with Crippen LogP contribution in [0.1, 0.15) is 11.3 Å². The molecule has 3 heteroatoms. The molecule has 2 rings (SSSR count). The maximum atomic E-state index is 5.68. The molecule has 0 amide bonds. The summed E-state index contributed by atoms with van der Waals surface area (Å²) in [5, 5.41) is 1.03. The quantitative estimate of drug-likeness (QED) is 0.836. The number of aryl methyl sites for hydroxylation is 1. The van der Waals surface area contributed by atoms with E-state index >= 15 is 0 Å². The molecule has 0 saturated carbocycles. The number of nitrogens with two attached hydrogens (primary N) is 1. The van der Waals surface area contributed by atoms with Crippen molar-refractivity contribution in [2.24, 2.45) is 5.73 Å². The standard InChI is InChI=1S/C12H15NO2/c1-8-3-4-10-9(7-8)12(14-2)11(15-10)5-6-13/h3-4,7H,5-6,13H2,1-2H3. The van der Waals surface area contributed by atoms with E-state index in [9.17, 15) is 0 Å². The fourth-order valence-corrected chi connectivity index (χ4v) is 1.76. The van der Waals surface area contributed by atoms with Gasteiger partial charge in [0.1, 0.15) is 11.3 Å². The average Bonchev–Trinajstić information content (AvgIpc) is 2.55. The lowest BCUT2D eigenvalue weighted by atomic mass is 10.1. The second-order valence-corrected chi connectivity index (χ2v) is 3.60. The lowest BCUT2D eigenvalue weighted by Crippen LogP contribution is -2.02. The molecule has 2 N–H and O–H groups in total. The molecule has 0 aliphatic heterocycles. The van der Waals surface area contributed by atoms with Crippen LogP contribution in [-0.2, 0) is 6.42 Å². The highest BCUT2D eigenvalue weighted by Crippen LogP contribution is 2.33. The zero-order valence-electron chi connectivity index (χ0n) is 9.04. The van der Waals surface area contributed by atoms with E-state index < -0.39 is 0 Å². The Bertz CT molecular complexity index is 474. The van der Waals surface area contributed by atoms with Gasteiger partial charge in [0.15, 0.2) is 5.75 Å². The van der Waals surface area contributed by atoms with Gasteiger partial charge < -0.3 is 14.9 Å². The van der Waals surface area contributed by atoms with Gasteiger partial charge in [-0.2, -0.15) is 0 Å². The Hall–Kier alpha value is -1.48. The minimum atomic E-state index is 0.565. The minimum absolute atomic E-state index is 0.565. The Balaban J connectivity index is 2.63. The Kier molecular flexibility index (Phi) is 2.64. The first-order chi connectivity index (χ1) is 7.26. The number of rotatable bonds is 3. The summed E-state index contributed by atoms with van der Waals surface area (Å²) < 4.78 is 11.0. The summed E-state index contributed by atoms with van der Waals surface area (Å²) in [6.07, 6.45) is 0.705. The first-order valence-corrected chi connectivity index (χ1v) is 5.02. The molecule has 0 radical (unpaired) electrons. The van der Waals surface area contributed by atoms with Crippen molar-refractivity contribution in [1.29, 1.82) is 0 Å². The molecular formula is C12H15NO2. The Morgan fingerprint density at radius 1 is 1.40 bits per heavy atom. The van der Waals surface area contributed by atoms with Crippen molar-refractivity contribution in [2.45, 2.75) is 13.3 Å². The van der Waals surface area contributed by atoms with Gasteiger partial charge in [-0.3, -0.25) is 0 Å². The van der Waals surface area contributed by atoms with Crippen LogP contribution in [0.15, 0.2) is 22.6 Å². The summed E-state index contributed by atoms with van der Waals surface area (Å²) >= 11 is 0. The van der Waals surface area contributed by atoms with Crippen LogP contribution in [0.5, 0.6) is 5.75 Å². The van der Waals surface area contributed by atoms with Gasteiger partial charge in [0.25, 0.3) is 0 Å². The molecule has 1 heterocycles. The molecule has 3 nitrogen and oxygen atoms in total. The van der Waals surface area contributed by atoms with Gasteiger partial charge in [0.05, 0.1) is 12.5 Å². The normalized spacial score (nSPS) is 10.9. The van der Waals surface area contributed by atoms with Gasteiger partial charge in [-0.25, -0.2) is 0 Å². The molecule has 0 saturated heterocycles. The molecule has 0 bridgehead atoms. The highest BCUT2D eigenvalue weighted by atomic mass is 16.5. The van der Waals surface area contributed by atoms with Crippen LogP contribution >= 0.6 is 0 Å². The molecular weight excluding hydrogens is 190 g/mol. The summed E-state index contributed by atoms with van der Waals surface area (Å²) in [6, 6.07) is 6.06. The molecule has 0 unspecified atom stereocenters. The van der Waals surface area contributed by atoms with Crippen molar-refractivity contribution < 1.29 is 9.15 Å². The van der Waals surface area contributed by atoms with Crippen molar-refractivity contribution in [3.05, 3.63) is 29.5 Å².